The molecule has 2 rings (SSSR count). The molecule has 0 aromatic carbocycles. The summed E-state index contributed by atoms with van der Waals surface area (Å²) in [6, 6.07) is 0. The SMILES string of the molecule is Cn1cc(C(=O)CSC2CCCCC2)cn1. The summed E-state index contributed by atoms with van der Waals surface area (Å²) in [5.74, 6) is 0.819. The summed E-state index contributed by atoms with van der Waals surface area (Å²) in [5, 5.41) is 4.72. The van der Waals surface area contributed by atoms with Crippen molar-refractivity contribution in [1.29, 1.82) is 0 Å². The second kappa shape index (κ2) is 5.53. The maximum atomic E-state index is 11.8. The van der Waals surface area contributed by atoms with E-state index in [0.29, 0.717) is 11.0 Å². The van der Waals surface area contributed by atoms with E-state index in [9.17, 15) is 4.79 Å². The highest BCUT2D eigenvalue weighted by molar-refractivity contribution is 8.00. The number of thioether (sulfide) groups is 1. The van der Waals surface area contributed by atoms with Crippen molar-refractivity contribution in [2.24, 2.45) is 7.05 Å². The molecule has 0 amide bonds. The van der Waals surface area contributed by atoms with Crippen LogP contribution in [-0.2, 0) is 7.05 Å². The van der Waals surface area contributed by atoms with Crippen molar-refractivity contribution in [2.45, 2.75) is 37.4 Å². The number of aryl methyl sites for hydroxylation is 1. The summed E-state index contributed by atoms with van der Waals surface area (Å²) in [4.78, 5) is 11.8. The van der Waals surface area contributed by atoms with Gasteiger partial charge in [-0.3, -0.25) is 9.48 Å². The topological polar surface area (TPSA) is 34.9 Å². The molecule has 0 aliphatic heterocycles. The number of Topliss-reactive ketones (excluding diaryl/α,β-unsaturated/α-hetero) is 1. The van der Waals surface area contributed by atoms with E-state index in [-0.39, 0.29) is 5.78 Å². The Morgan fingerprint density at radius 2 is 2.25 bits per heavy atom. The molecule has 1 aromatic heterocycles. The first-order chi connectivity index (χ1) is 7.75. The highest BCUT2D eigenvalue weighted by Crippen LogP contribution is 2.28. The monoisotopic (exact) mass is 238 g/mol. The molecule has 0 unspecified atom stereocenters. The summed E-state index contributed by atoms with van der Waals surface area (Å²) in [6.45, 7) is 0. The van der Waals surface area contributed by atoms with Crippen molar-refractivity contribution in [3.63, 3.8) is 0 Å². The highest BCUT2D eigenvalue weighted by atomic mass is 32.2. The minimum absolute atomic E-state index is 0.212. The van der Waals surface area contributed by atoms with Crippen LogP contribution in [0.15, 0.2) is 12.4 Å². The van der Waals surface area contributed by atoms with Gasteiger partial charge in [0.2, 0.25) is 0 Å². The van der Waals surface area contributed by atoms with Crippen LogP contribution in [0.2, 0.25) is 0 Å². The minimum Gasteiger partial charge on any atom is -0.293 e. The average Bonchev–Trinajstić information content (AvgIpc) is 2.74. The van der Waals surface area contributed by atoms with Crippen LogP contribution in [0.25, 0.3) is 0 Å². The van der Waals surface area contributed by atoms with E-state index >= 15 is 0 Å². The molecule has 0 N–H and O–H groups in total. The molecule has 0 saturated heterocycles. The van der Waals surface area contributed by atoms with E-state index in [1.165, 1.54) is 32.1 Å². The summed E-state index contributed by atoms with van der Waals surface area (Å²) >= 11 is 1.82. The van der Waals surface area contributed by atoms with E-state index in [2.05, 4.69) is 5.10 Å². The zero-order chi connectivity index (χ0) is 11.4. The summed E-state index contributed by atoms with van der Waals surface area (Å²) < 4.78 is 1.68. The van der Waals surface area contributed by atoms with Gasteiger partial charge in [-0.15, -0.1) is 0 Å². The van der Waals surface area contributed by atoms with Crippen LogP contribution in [0.4, 0.5) is 0 Å². The Hall–Kier alpha value is -0.770. The summed E-state index contributed by atoms with van der Waals surface area (Å²) in [5.41, 5.74) is 0.741. The molecule has 1 heterocycles. The molecular weight excluding hydrogens is 220 g/mol. The van der Waals surface area contributed by atoms with Crippen LogP contribution in [0, 0.1) is 0 Å². The number of nitrogens with zero attached hydrogens (tertiary/aromatic N) is 2. The van der Waals surface area contributed by atoms with E-state index < -0.39 is 0 Å². The molecule has 0 radical (unpaired) electrons. The Balaban J connectivity index is 1.79. The first-order valence-electron chi connectivity index (χ1n) is 5.89. The molecule has 1 fully saturated rings. The molecule has 1 aliphatic carbocycles. The number of aromatic nitrogens is 2. The van der Waals surface area contributed by atoms with Crippen LogP contribution < -0.4 is 0 Å². The van der Waals surface area contributed by atoms with Gasteiger partial charge in [0.05, 0.1) is 17.5 Å². The molecule has 3 nitrogen and oxygen atoms in total. The van der Waals surface area contributed by atoms with Crippen molar-refractivity contribution in [2.75, 3.05) is 5.75 Å². The second-order valence-electron chi connectivity index (χ2n) is 4.40. The number of ketones is 1. The Labute approximate surface area is 101 Å². The lowest BCUT2D eigenvalue weighted by atomic mass is 10.0. The number of carbonyl (C=O) groups is 1. The van der Waals surface area contributed by atoms with E-state index in [4.69, 9.17) is 0 Å². The third kappa shape index (κ3) is 3.11. The highest BCUT2D eigenvalue weighted by Gasteiger charge is 2.16. The van der Waals surface area contributed by atoms with Crippen molar-refractivity contribution in [3.8, 4) is 0 Å². The van der Waals surface area contributed by atoms with Crippen molar-refractivity contribution >= 4 is 17.5 Å². The van der Waals surface area contributed by atoms with Gasteiger partial charge in [0.25, 0.3) is 0 Å². The summed E-state index contributed by atoms with van der Waals surface area (Å²) in [6.07, 6.45) is 10.1. The van der Waals surface area contributed by atoms with Gasteiger partial charge in [-0.05, 0) is 12.8 Å². The van der Waals surface area contributed by atoms with E-state index in [1.54, 1.807) is 17.1 Å². The second-order valence-corrected chi connectivity index (χ2v) is 5.69. The van der Waals surface area contributed by atoms with Crippen LogP contribution in [0.1, 0.15) is 42.5 Å². The smallest absolute Gasteiger partial charge is 0.175 e. The zero-order valence-electron chi connectivity index (χ0n) is 9.69. The molecule has 0 spiro atoms. The van der Waals surface area contributed by atoms with Crippen molar-refractivity contribution < 1.29 is 4.79 Å². The van der Waals surface area contributed by atoms with Gasteiger partial charge in [0.1, 0.15) is 0 Å². The standard InChI is InChI=1S/C12H18N2OS/c1-14-8-10(7-13-14)12(15)9-16-11-5-3-2-4-6-11/h7-8,11H,2-6,9H2,1H3. The van der Waals surface area contributed by atoms with Crippen molar-refractivity contribution in [3.05, 3.63) is 18.0 Å². The van der Waals surface area contributed by atoms with Gasteiger partial charge in [-0.25, -0.2) is 0 Å². The fourth-order valence-electron chi connectivity index (χ4n) is 2.07. The largest absolute Gasteiger partial charge is 0.293 e. The fourth-order valence-corrected chi connectivity index (χ4v) is 3.29. The Morgan fingerprint density at radius 1 is 1.50 bits per heavy atom. The van der Waals surface area contributed by atoms with Crippen LogP contribution in [-0.4, -0.2) is 26.6 Å². The number of rotatable bonds is 4. The van der Waals surface area contributed by atoms with Crippen LogP contribution in [0.3, 0.4) is 0 Å². The first-order valence-corrected chi connectivity index (χ1v) is 6.94. The lowest BCUT2D eigenvalue weighted by Crippen LogP contribution is -2.12. The van der Waals surface area contributed by atoms with Gasteiger partial charge in [-0.1, -0.05) is 19.3 Å². The summed E-state index contributed by atoms with van der Waals surface area (Å²) in [7, 11) is 1.84. The molecule has 1 aliphatic rings. The number of hydrogen-bond donors (Lipinski definition) is 0. The van der Waals surface area contributed by atoms with Gasteiger partial charge < -0.3 is 0 Å². The van der Waals surface area contributed by atoms with Gasteiger partial charge in [0, 0.05) is 18.5 Å². The molecule has 1 saturated carbocycles. The normalized spacial score (nSPS) is 17.6. The molecule has 4 heteroatoms. The van der Waals surface area contributed by atoms with Crippen LogP contribution in [0.5, 0.6) is 0 Å². The first kappa shape index (κ1) is 11.7. The average molecular weight is 238 g/mol. The third-order valence-corrected chi connectivity index (χ3v) is 4.40. The molecule has 1 aromatic rings. The number of carbonyl (C=O) groups excluding carboxylic acids is 1. The predicted molar refractivity (Wildman–Crippen MR) is 66.9 cm³/mol. The molecule has 16 heavy (non-hydrogen) atoms. The van der Waals surface area contributed by atoms with E-state index in [1.807, 2.05) is 18.8 Å². The van der Waals surface area contributed by atoms with Gasteiger partial charge >= 0.3 is 0 Å². The van der Waals surface area contributed by atoms with Crippen molar-refractivity contribution in [1.82, 2.24) is 9.78 Å². The molecule has 88 valence electrons. The van der Waals surface area contributed by atoms with Gasteiger partial charge in [-0.2, -0.15) is 16.9 Å². The van der Waals surface area contributed by atoms with E-state index in [0.717, 1.165) is 5.56 Å². The maximum absolute atomic E-state index is 11.8. The fraction of sp³-hybridized carbons (Fsp3) is 0.667. The maximum Gasteiger partial charge on any atom is 0.175 e. The third-order valence-electron chi connectivity index (χ3n) is 3.03. The lowest BCUT2D eigenvalue weighted by molar-refractivity contribution is 0.102. The predicted octanol–water partition coefficient (Wildman–Crippen LogP) is 2.67. The number of hydrogen-bond acceptors (Lipinski definition) is 3. The Morgan fingerprint density at radius 3 is 2.88 bits per heavy atom. The molecule has 0 bridgehead atoms. The molecular formula is C12H18N2OS. The van der Waals surface area contributed by atoms with Crippen LogP contribution >= 0.6 is 11.8 Å². The van der Waals surface area contributed by atoms with Gasteiger partial charge in [0.15, 0.2) is 5.78 Å². The zero-order valence-corrected chi connectivity index (χ0v) is 10.5. The Bertz CT molecular complexity index is 356. The lowest BCUT2D eigenvalue weighted by Gasteiger charge is -2.20. The molecule has 0 atom stereocenters. The quantitative estimate of drug-likeness (QED) is 0.756. The Kier molecular flexibility index (Phi) is 4.04. The minimum atomic E-state index is 0.212.